The standard InChI is InChI=1S/C19H20F2O2/c20-15-3-6-18(21)17(11-15)19(9-7-13(12-22)8-10-19)14-1-4-16(23)5-2-14/h1-6,11,13,22-23H,7-10,12H2. The molecule has 0 aromatic heterocycles. The van der Waals surface area contributed by atoms with Crippen LogP contribution in [0.25, 0.3) is 0 Å². The van der Waals surface area contributed by atoms with Crippen LogP contribution in [0.3, 0.4) is 0 Å². The van der Waals surface area contributed by atoms with E-state index < -0.39 is 17.0 Å². The van der Waals surface area contributed by atoms with Crippen LogP contribution in [-0.4, -0.2) is 16.8 Å². The predicted octanol–water partition coefficient (Wildman–Crippen LogP) is 4.14. The van der Waals surface area contributed by atoms with Crippen molar-refractivity contribution < 1.29 is 19.0 Å². The Morgan fingerprint density at radius 3 is 2.26 bits per heavy atom. The molecule has 1 aliphatic carbocycles. The maximum atomic E-state index is 14.5. The average Bonchev–Trinajstić information content (AvgIpc) is 2.58. The van der Waals surface area contributed by atoms with E-state index in [1.807, 2.05) is 0 Å². The number of aromatic hydroxyl groups is 1. The highest BCUT2D eigenvalue weighted by atomic mass is 19.1. The highest BCUT2D eigenvalue weighted by molar-refractivity contribution is 5.42. The van der Waals surface area contributed by atoms with Gasteiger partial charge >= 0.3 is 0 Å². The van der Waals surface area contributed by atoms with Crippen LogP contribution in [0.5, 0.6) is 5.75 Å². The number of rotatable bonds is 3. The summed E-state index contributed by atoms with van der Waals surface area (Å²) >= 11 is 0. The number of hydrogen-bond acceptors (Lipinski definition) is 2. The Morgan fingerprint density at radius 2 is 1.65 bits per heavy atom. The van der Waals surface area contributed by atoms with E-state index in [1.165, 1.54) is 12.1 Å². The van der Waals surface area contributed by atoms with Crippen molar-refractivity contribution >= 4 is 0 Å². The molecule has 23 heavy (non-hydrogen) atoms. The summed E-state index contributed by atoms with van der Waals surface area (Å²) in [6.45, 7) is 0.122. The van der Waals surface area contributed by atoms with Crippen LogP contribution in [-0.2, 0) is 5.41 Å². The van der Waals surface area contributed by atoms with Gasteiger partial charge < -0.3 is 10.2 Å². The molecule has 0 saturated heterocycles. The molecule has 2 N–H and O–H groups in total. The molecule has 2 aromatic carbocycles. The molecule has 0 heterocycles. The van der Waals surface area contributed by atoms with Crippen molar-refractivity contribution in [3.63, 3.8) is 0 Å². The molecule has 2 aromatic rings. The van der Waals surface area contributed by atoms with Gasteiger partial charge in [-0.25, -0.2) is 8.78 Å². The first kappa shape index (κ1) is 15.9. The van der Waals surface area contributed by atoms with E-state index in [4.69, 9.17) is 0 Å². The van der Waals surface area contributed by atoms with Gasteiger partial charge in [0.05, 0.1) is 0 Å². The van der Waals surface area contributed by atoms with Crippen LogP contribution in [0.1, 0.15) is 36.8 Å². The topological polar surface area (TPSA) is 40.5 Å². The molecule has 0 spiro atoms. The Kier molecular flexibility index (Phi) is 4.35. The number of phenolic OH excluding ortho intramolecular Hbond substituents is 1. The highest BCUT2D eigenvalue weighted by Gasteiger charge is 2.40. The monoisotopic (exact) mass is 318 g/mol. The molecular formula is C19H20F2O2. The van der Waals surface area contributed by atoms with E-state index in [1.54, 1.807) is 24.3 Å². The third-order valence-corrected chi connectivity index (χ3v) is 5.08. The first-order chi connectivity index (χ1) is 11.0. The van der Waals surface area contributed by atoms with E-state index in [0.717, 1.165) is 24.5 Å². The van der Waals surface area contributed by atoms with Crippen molar-refractivity contribution in [1.82, 2.24) is 0 Å². The van der Waals surface area contributed by atoms with E-state index in [2.05, 4.69) is 0 Å². The average molecular weight is 318 g/mol. The summed E-state index contributed by atoms with van der Waals surface area (Å²) in [6.07, 6.45) is 2.80. The molecule has 0 bridgehead atoms. The summed E-state index contributed by atoms with van der Waals surface area (Å²) < 4.78 is 28.2. The molecule has 2 nitrogen and oxygen atoms in total. The second kappa shape index (κ2) is 6.28. The summed E-state index contributed by atoms with van der Waals surface area (Å²) in [4.78, 5) is 0. The lowest BCUT2D eigenvalue weighted by Gasteiger charge is -2.41. The van der Waals surface area contributed by atoms with Gasteiger partial charge in [-0.1, -0.05) is 12.1 Å². The summed E-state index contributed by atoms with van der Waals surface area (Å²) in [5, 5.41) is 18.9. The van der Waals surface area contributed by atoms with Gasteiger partial charge in [0.15, 0.2) is 0 Å². The zero-order valence-electron chi connectivity index (χ0n) is 12.8. The molecule has 1 fully saturated rings. The molecular weight excluding hydrogens is 298 g/mol. The van der Waals surface area contributed by atoms with Crippen molar-refractivity contribution in [1.29, 1.82) is 0 Å². The van der Waals surface area contributed by atoms with Crippen molar-refractivity contribution in [3.05, 3.63) is 65.2 Å². The zero-order chi connectivity index (χ0) is 16.4. The quantitative estimate of drug-likeness (QED) is 0.893. The van der Waals surface area contributed by atoms with Crippen LogP contribution in [0, 0.1) is 17.6 Å². The minimum Gasteiger partial charge on any atom is -0.508 e. The number of aliphatic hydroxyl groups excluding tert-OH is 1. The van der Waals surface area contributed by atoms with Gasteiger partial charge in [0, 0.05) is 17.6 Å². The van der Waals surface area contributed by atoms with E-state index >= 15 is 0 Å². The van der Waals surface area contributed by atoms with Crippen LogP contribution in [0.4, 0.5) is 8.78 Å². The molecule has 0 amide bonds. The fourth-order valence-electron chi connectivity index (χ4n) is 3.71. The first-order valence-electron chi connectivity index (χ1n) is 7.91. The number of hydrogen-bond donors (Lipinski definition) is 2. The lowest BCUT2D eigenvalue weighted by molar-refractivity contribution is 0.163. The molecule has 4 heteroatoms. The van der Waals surface area contributed by atoms with Crippen LogP contribution in [0.15, 0.2) is 42.5 Å². The van der Waals surface area contributed by atoms with Crippen molar-refractivity contribution in [2.45, 2.75) is 31.1 Å². The fraction of sp³-hybridized carbons (Fsp3) is 0.368. The van der Waals surface area contributed by atoms with E-state index in [0.29, 0.717) is 18.4 Å². The lowest BCUT2D eigenvalue weighted by Crippen LogP contribution is -2.35. The lowest BCUT2D eigenvalue weighted by atomic mass is 9.63. The SMILES string of the molecule is OCC1CCC(c2ccc(O)cc2)(c2cc(F)ccc2F)CC1. The van der Waals surface area contributed by atoms with Crippen LogP contribution in [0.2, 0.25) is 0 Å². The van der Waals surface area contributed by atoms with E-state index in [-0.39, 0.29) is 18.3 Å². The molecule has 0 unspecified atom stereocenters. The Labute approximate surface area is 134 Å². The van der Waals surface area contributed by atoms with Gasteiger partial charge in [0.25, 0.3) is 0 Å². The van der Waals surface area contributed by atoms with Gasteiger partial charge in [0.1, 0.15) is 17.4 Å². The normalized spacial score (nSPS) is 24.6. The van der Waals surface area contributed by atoms with Gasteiger partial charge in [-0.3, -0.25) is 0 Å². The van der Waals surface area contributed by atoms with Crippen LogP contribution >= 0.6 is 0 Å². The predicted molar refractivity (Wildman–Crippen MR) is 84.3 cm³/mol. The van der Waals surface area contributed by atoms with Crippen LogP contribution < -0.4 is 0 Å². The third-order valence-electron chi connectivity index (χ3n) is 5.08. The Hall–Kier alpha value is -1.94. The minimum atomic E-state index is -0.619. The number of halogens is 2. The Bertz CT molecular complexity index is 674. The maximum Gasteiger partial charge on any atom is 0.127 e. The molecule has 0 radical (unpaired) electrons. The van der Waals surface area contributed by atoms with Gasteiger partial charge in [-0.2, -0.15) is 0 Å². The molecule has 1 aliphatic rings. The molecule has 1 saturated carbocycles. The number of aliphatic hydroxyl groups is 1. The molecule has 3 rings (SSSR count). The van der Waals surface area contributed by atoms with Gasteiger partial charge in [-0.05, 0) is 67.5 Å². The smallest absolute Gasteiger partial charge is 0.127 e. The summed E-state index contributed by atoms with van der Waals surface area (Å²) in [5.74, 6) is -0.518. The molecule has 0 aliphatic heterocycles. The summed E-state index contributed by atoms with van der Waals surface area (Å²) in [6, 6.07) is 10.3. The largest absolute Gasteiger partial charge is 0.508 e. The van der Waals surface area contributed by atoms with Crippen molar-refractivity contribution in [2.75, 3.05) is 6.61 Å². The first-order valence-corrected chi connectivity index (χ1v) is 7.91. The second-order valence-corrected chi connectivity index (χ2v) is 6.38. The van der Waals surface area contributed by atoms with Crippen molar-refractivity contribution in [3.8, 4) is 5.75 Å². The van der Waals surface area contributed by atoms with Crippen molar-refractivity contribution in [2.24, 2.45) is 5.92 Å². The Morgan fingerprint density at radius 1 is 1.00 bits per heavy atom. The highest BCUT2D eigenvalue weighted by Crippen LogP contribution is 2.47. The Balaban J connectivity index is 2.10. The second-order valence-electron chi connectivity index (χ2n) is 6.38. The van der Waals surface area contributed by atoms with Gasteiger partial charge in [-0.15, -0.1) is 0 Å². The third kappa shape index (κ3) is 2.95. The summed E-state index contributed by atoms with van der Waals surface area (Å²) in [7, 11) is 0. The maximum absolute atomic E-state index is 14.5. The van der Waals surface area contributed by atoms with E-state index in [9.17, 15) is 19.0 Å². The molecule has 122 valence electrons. The number of phenols is 1. The molecule has 0 atom stereocenters. The zero-order valence-corrected chi connectivity index (χ0v) is 12.8. The fourth-order valence-corrected chi connectivity index (χ4v) is 3.71. The summed E-state index contributed by atoms with van der Waals surface area (Å²) in [5.41, 5.74) is 0.613. The van der Waals surface area contributed by atoms with Gasteiger partial charge in [0.2, 0.25) is 0 Å². The number of benzene rings is 2. The minimum absolute atomic E-state index is 0.122.